The van der Waals surface area contributed by atoms with Crippen molar-refractivity contribution in [3.8, 4) is 0 Å². The summed E-state index contributed by atoms with van der Waals surface area (Å²) in [5, 5.41) is 0. The molecule has 0 spiro atoms. The van der Waals surface area contributed by atoms with Gasteiger partial charge in [-0.2, -0.15) is 0 Å². The maximum absolute atomic E-state index is 12.8. The van der Waals surface area contributed by atoms with Crippen molar-refractivity contribution in [1.82, 2.24) is 0 Å². The molecule has 0 radical (unpaired) electrons. The highest BCUT2D eigenvalue weighted by molar-refractivity contribution is 5.71. The van der Waals surface area contributed by atoms with Crippen molar-refractivity contribution in [3.63, 3.8) is 0 Å². The average molecular weight is 921 g/mol. The Labute approximate surface area is 408 Å². The van der Waals surface area contributed by atoms with Gasteiger partial charge in [-0.1, -0.05) is 241 Å². The Kier molecular flexibility index (Phi) is 51.9. The van der Waals surface area contributed by atoms with Crippen LogP contribution in [0, 0.1) is 0 Å². The quantitative estimate of drug-likeness (QED) is 0.0199. The molecule has 0 aliphatic rings. The predicted molar refractivity (Wildman–Crippen MR) is 284 cm³/mol. The highest BCUT2D eigenvalue weighted by atomic mass is 16.6. The van der Waals surface area contributed by atoms with Crippen LogP contribution < -0.4 is 0 Å². The van der Waals surface area contributed by atoms with Gasteiger partial charge in [0.25, 0.3) is 0 Å². The summed E-state index contributed by atoms with van der Waals surface area (Å²) in [6.45, 7) is 6.56. The molecule has 0 aliphatic carbocycles. The van der Waals surface area contributed by atoms with E-state index in [1.807, 2.05) is 0 Å². The lowest BCUT2D eigenvalue weighted by Gasteiger charge is -2.18. The van der Waals surface area contributed by atoms with Gasteiger partial charge in [0.15, 0.2) is 6.10 Å². The van der Waals surface area contributed by atoms with Crippen LogP contribution in [0.1, 0.15) is 271 Å². The molecule has 0 aromatic heterocycles. The van der Waals surface area contributed by atoms with Crippen molar-refractivity contribution in [2.75, 3.05) is 13.2 Å². The molecule has 0 fully saturated rings. The molecule has 0 N–H and O–H groups in total. The van der Waals surface area contributed by atoms with Crippen LogP contribution in [0.15, 0.2) is 72.9 Å². The Balaban J connectivity index is 4.48. The molecule has 0 aromatic rings. The van der Waals surface area contributed by atoms with Crippen LogP contribution in [-0.4, -0.2) is 37.2 Å². The number of carbonyl (C=O) groups excluding carboxylic acids is 3. The third-order valence-electron chi connectivity index (χ3n) is 12.0. The van der Waals surface area contributed by atoms with E-state index < -0.39 is 6.10 Å². The molecule has 0 saturated heterocycles. The first kappa shape index (κ1) is 62.8. The molecule has 0 rings (SSSR count). The number of carbonyl (C=O) groups is 3. The minimum atomic E-state index is -0.809. The molecule has 0 saturated carbocycles. The summed E-state index contributed by atoms with van der Waals surface area (Å²) < 4.78 is 16.8. The summed E-state index contributed by atoms with van der Waals surface area (Å²) >= 11 is 0. The molecule has 0 bridgehead atoms. The Morgan fingerprint density at radius 2 is 0.606 bits per heavy atom. The first-order chi connectivity index (χ1) is 32.5. The fraction of sp³-hybridized carbons (Fsp3) is 0.750. The molecule has 1 unspecified atom stereocenters. The lowest BCUT2D eigenvalue weighted by molar-refractivity contribution is -0.167. The van der Waals surface area contributed by atoms with Crippen molar-refractivity contribution < 1.29 is 28.6 Å². The molecule has 1 atom stereocenters. The zero-order valence-electron chi connectivity index (χ0n) is 43.4. The Morgan fingerprint density at radius 3 is 1.02 bits per heavy atom. The summed E-state index contributed by atoms with van der Waals surface area (Å²) in [6.07, 6.45) is 68.9. The second kappa shape index (κ2) is 54.5. The molecule has 6 heteroatoms. The Hall–Kier alpha value is -3.15. The third-order valence-corrected chi connectivity index (χ3v) is 12.0. The van der Waals surface area contributed by atoms with E-state index >= 15 is 0 Å². The van der Waals surface area contributed by atoms with E-state index in [4.69, 9.17) is 14.2 Å². The molecular weight excluding hydrogens is 817 g/mol. The molecule has 66 heavy (non-hydrogen) atoms. The van der Waals surface area contributed by atoms with E-state index in [1.54, 1.807) is 0 Å². The summed E-state index contributed by atoms with van der Waals surface area (Å²) in [5.74, 6) is -0.966. The fourth-order valence-electron chi connectivity index (χ4n) is 7.72. The smallest absolute Gasteiger partial charge is 0.306 e. The predicted octanol–water partition coefficient (Wildman–Crippen LogP) is 18.6. The number of ether oxygens (including phenoxy) is 3. The number of rotatable bonds is 50. The van der Waals surface area contributed by atoms with Gasteiger partial charge in [0, 0.05) is 19.3 Å². The largest absolute Gasteiger partial charge is 0.462 e. The zero-order chi connectivity index (χ0) is 47.9. The number of hydrogen-bond donors (Lipinski definition) is 0. The van der Waals surface area contributed by atoms with Crippen molar-refractivity contribution in [2.45, 2.75) is 277 Å². The van der Waals surface area contributed by atoms with Crippen molar-refractivity contribution >= 4 is 17.9 Å². The van der Waals surface area contributed by atoms with Crippen LogP contribution >= 0.6 is 0 Å². The van der Waals surface area contributed by atoms with Crippen LogP contribution in [-0.2, 0) is 28.6 Å². The third kappa shape index (κ3) is 51.8. The van der Waals surface area contributed by atoms with Crippen molar-refractivity contribution in [2.24, 2.45) is 0 Å². The van der Waals surface area contributed by atoms with Gasteiger partial charge < -0.3 is 14.2 Å². The summed E-state index contributed by atoms with van der Waals surface area (Å²) in [5.41, 5.74) is 0. The first-order valence-electron chi connectivity index (χ1n) is 28.0. The highest BCUT2D eigenvalue weighted by Gasteiger charge is 2.19. The van der Waals surface area contributed by atoms with Gasteiger partial charge in [0.1, 0.15) is 13.2 Å². The van der Waals surface area contributed by atoms with E-state index in [9.17, 15) is 14.4 Å². The van der Waals surface area contributed by atoms with E-state index in [-0.39, 0.29) is 37.5 Å². The van der Waals surface area contributed by atoms with Gasteiger partial charge in [-0.25, -0.2) is 0 Å². The molecule has 0 amide bonds. The van der Waals surface area contributed by atoms with E-state index in [1.165, 1.54) is 141 Å². The van der Waals surface area contributed by atoms with Gasteiger partial charge in [0.05, 0.1) is 0 Å². The number of unbranched alkanes of at least 4 members (excludes halogenated alkanes) is 28. The van der Waals surface area contributed by atoms with E-state index in [0.717, 1.165) is 83.5 Å². The monoisotopic (exact) mass is 921 g/mol. The summed E-state index contributed by atoms with van der Waals surface area (Å²) in [4.78, 5) is 38.1. The van der Waals surface area contributed by atoms with E-state index in [2.05, 4.69) is 93.7 Å². The fourth-order valence-corrected chi connectivity index (χ4v) is 7.72. The zero-order valence-corrected chi connectivity index (χ0v) is 43.4. The Bertz CT molecular complexity index is 1240. The molecule has 6 nitrogen and oxygen atoms in total. The van der Waals surface area contributed by atoms with Crippen LogP contribution in [0.25, 0.3) is 0 Å². The minimum Gasteiger partial charge on any atom is -0.462 e. The minimum absolute atomic E-state index is 0.100. The van der Waals surface area contributed by atoms with Gasteiger partial charge in [-0.15, -0.1) is 0 Å². The number of hydrogen-bond acceptors (Lipinski definition) is 6. The second-order valence-corrected chi connectivity index (χ2v) is 18.5. The summed E-state index contributed by atoms with van der Waals surface area (Å²) in [6, 6.07) is 0. The maximum atomic E-state index is 12.8. The van der Waals surface area contributed by atoms with Crippen LogP contribution in [0.4, 0.5) is 0 Å². The molecular formula is C60H104O6. The molecule has 0 aromatic carbocycles. The van der Waals surface area contributed by atoms with Crippen molar-refractivity contribution in [1.29, 1.82) is 0 Å². The van der Waals surface area contributed by atoms with Crippen LogP contribution in [0.3, 0.4) is 0 Å². The lowest BCUT2D eigenvalue weighted by Crippen LogP contribution is -2.30. The van der Waals surface area contributed by atoms with Crippen LogP contribution in [0.5, 0.6) is 0 Å². The van der Waals surface area contributed by atoms with Crippen molar-refractivity contribution in [3.05, 3.63) is 72.9 Å². The lowest BCUT2D eigenvalue weighted by atomic mass is 10.0. The van der Waals surface area contributed by atoms with Gasteiger partial charge in [0.2, 0.25) is 0 Å². The molecule has 380 valence electrons. The van der Waals surface area contributed by atoms with Gasteiger partial charge in [-0.05, 0) is 83.5 Å². The molecule has 0 aliphatic heterocycles. The maximum Gasteiger partial charge on any atom is 0.306 e. The highest BCUT2D eigenvalue weighted by Crippen LogP contribution is 2.15. The SMILES string of the molecule is CCCCC/C=C\C/C=C\C/C=C\C/C=C\CCCC(=O)OC(COC(=O)CCCCCCC/C=C\C=C/CCCCCCCCC)COC(=O)CCCCCCCCCCCCCCC. The summed E-state index contributed by atoms with van der Waals surface area (Å²) in [7, 11) is 0. The van der Waals surface area contributed by atoms with Crippen LogP contribution in [0.2, 0.25) is 0 Å². The van der Waals surface area contributed by atoms with Gasteiger partial charge >= 0.3 is 17.9 Å². The normalized spacial score (nSPS) is 12.6. The topological polar surface area (TPSA) is 78.9 Å². The molecule has 0 heterocycles. The number of allylic oxidation sites excluding steroid dienone is 12. The first-order valence-corrected chi connectivity index (χ1v) is 28.0. The van der Waals surface area contributed by atoms with E-state index in [0.29, 0.717) is 19.3 Å². The average Bonchev–Trinajstić information content (AvgIpc) is 3.31. The Morgan fingerprint density at radius 1 is 0.318 bits per heavy atom. The standard InChI is InChI=1S/C60H104O6/c1-4-7-10-13-16-19-22-25-27-29-31-32-35-38-41-44-47-50-53-59(62)65-56-57(55-64-58(61)52-49-46-43-40-37-34-24-21-18-15-12-9-6-3)66-60(63)54-51-48-45-42-39-36-33-30-28-26-23-20-17-14-11-8-5-2/h17,20,26-29,31-33,36,42,45,57H,4-16,18-19,21-25,30,34-35,37-41,43-44,46-56H2,1-3H3/b20-17-,28-26-,29-27-,32-31-,36-33-,45-42-. The second-order valence-electron chi connectivity index (χ2n) is 18.5. The van der Waals surface area contributed by atoms with Gasteiger partial charge in [-0.3, -0.25) is 14.4 Å². The number of esters is 3.